The van der Waals surface area contributed by atoms with Gasteiger partial charge in [-0.3, -0.25) is 19.1 Å². The number of fused-ring (bicyclic) bond motifs is 1. The molecule has 2 aromatic carbocycles. The van der Waals surface area contributed by atoms with Crippen molar-refractivity contribution >= 4 is 46.0 Å². The first-order chi connectivity index (χ1) is 17.3. The molecule has 1 fully saturated rings. The Hall–Kier alpha value is -3.54. The SMILES string of the molecule is CO[C@H]1C[C@H](NCC(=O)NCc2ccc(NC(=O)c3nn(CC(=O)O)c4ccccc34)c(Cl)c2F)C1. The predicted molar refractivity (Wildman–Crippen MR) is 130 cm³/mol. The van der Waals surface area contributed by atoms with Crippen LogP contribution in [0.2, 0.25) is 5.02 Å². The Kier molecular flexibility index (Phi) is 7.82. The van der Waals surface area contributed by atoms with Crippen molar-refractivity contribution in [2.24, 2.45) is 0 Å². The van der Waals surface area contributed by atoms with E-state index in [1.165, 1.54) is 16.8 Å². The lowest BCUT2D eigenvalue weighted by Crippen LogP contribution is -2.48. The molecule has 0 unspecified atom stereocenters. The van der Waals surface area contributed by atoms with Crippen LogP contribution >= 0.6 is 11.6 Å². The number of carbonyl (C=O) groups is 3. The van der Waals surface area contributed by atoms with Crippen LogP contribution in [0.15, 0.2) is 36.4 Å². The van der Waals surface area contributed by atoms with Gasteiger partial charge in [0.1, 0.15) is 17.4 Å². The summed E-state index contributed by atoms with van der Waals surface area (Å²) in [6, 6.07) is 9.75. The van der Waals surface area contributed by atoms with E-state index in [0.29, 0.717) is 10.9 Å². The number of halogens is 2. The van der Waals surface area contributed by atoms with Gasteiger partial charge in [-0.25, -0.2) is 4.39 Å². The number of hydrogen-bond acceptors (Lipinski definition) is 6. The highest BCUT2D eigenvalue weighted by Crippen LogP contribution is 2.29. The van der Waals surface area contributed by atoms with Gasteiger partial charge in [-0.2, -0.15) is 5.10 Å². The molecule has 12 heteroatoms. The van der Waals surface area contributed by atoms with Gasteiger partial charge in [-0.1, -0.05) is 35.9 Å². The summed E-state index contributed by atoms with van der Waals surface area (Å²) in [6.07, 6.45) is 1.91. The Morgan fingerprint density at radius 2 is 1.97 bits per heavy atom. The Labute approximate surface area is 210 Å². The summed E-state index contributed by atoms with van der Waals surface area (Å²) in [4.78, 5) is 36.1. The van der Waals surface area contributed by atoms with E-state index in [1.807, 2.05) is 0 Å². The molecule has 0 spiro atoms. The number of nitrogens with zero attached hydrogens (tertiary/aromatic N) is 2. The number of carboxylic acids is 1. The fourth-order valence-electron chi connectivity index (χ4n) is 3.97. The fraction of sp³-hybridized carbons (Fsp3) is 0.333. The third-order valence-electron chi connectivity index (χ3n) is 6.02. The van der Waals surface area contributed by atoms with Crippen molar-refractivity contribution in [2.75, 3.05) is 19.0 Å². The van der Waals surface area contributed by atoms with Crippen molar-refractivity contribution in [1.29, 1.82) is 0 Å². The van der Waals surface area contributed by atoms with E-state index >= 15 is 0 Å². The molecule has 1 aliphatic carbocycles. The van der Waals surface area contributed by atoms with Crippen molar-refractivity contribution in [3.8, 4) is 0 Å². The molecule has 4 N–H and O–H groups in total. The van der Waals surface area contributed by atoms with E-state index in [0.717, 1.165) is 12.8 Å². The molecule has 36 heavy (non-hydrogen) atoms. The number of hydrogen-bond donors (Lipinski definition) is 4. The van der Waals surface area contributed by atoms with Crippen LogP contribution in [0.25, 0.3) is 10.9 Å². The minimum atomic E-state index is -1.11. The number of aromatic nitrogens is 2. The van der Waals surface area contributed by atoms with Crippen LogP contribution in [0.5, 0.6) is 0 Å². The standard InChI is InChI=1S/C24H25ClFN5O5/c1-36-15-8-14(9-15)27-11-19(32)28-10-13-6-7-17(21(25)22(13)26)29-24(35)23-16-4-2-3-5-18(16)31(30-23)12-20(33)34/h2-7,14-15,27H,8-12H2,1H3,(H,28,32)(H,29,35)(H,33,34)/t14-,15-. The number of amides is 2. The molecule has 0 aliphatic heterocycles. The Bertz CT molecular complexity index is 1310. The molecule has 1 aromatic heterocycles. The minimum absolute atomic E-state index is 0.0181. The maximum absolute atomic E-state index is 14.9. The number of para-hydroxylation sites is 1. The van der Waals surface area contributed by atoms with E-state index in [4.69, 9.17) is 21.4 Å². The summed E-state index contributed by atoms with van der Waals surface area (Å²) < 4.78 is 21.3. The quantitative estimate of drug-likeness (QED) is 0.324. The van der Waals surface area contributed by atoms with Crippen LogP contribution in [0.3, 0.4) is 0 Å². The first kappa shape index (κ1) is 25.5. The molecule has 0 atom stereocenters. The highest BCUT2D eigenvalue weighted by molar-refractivity contribution is 6.34. The molecule has 1 heterocycles. The normalized spacial score (nSPS) is 17.0. The maximum Gasteiger partial charge on any atom is 0.325 e. The third-order valence-corrected chi connectivity index (χ3v) is 6.39. The number of rotatable bonds is 10. The number of aliphatic carboxylic acids is 1. The zero-order valence-electron chi connectivity index (χ0n) is 19.4. The average Bonchev–Trinajstić information content (AvgIpc) is 3.18. The van der Waals surface area contributed by atoms with Crippen molar-refractivity contribution < 1.29 is 28.6 Å². The van der Waals surface area contributed by atoms with Gasteiger partial charge < -0.3 is 25.8 Å². The molecule has 1 aliphatic rings. The third kappa shape index (κ3) is 5.64. The zero-order chi connectivity index (χ0) is 25.8. The van der Waals surface area contributed by atoms with Gasteiger partial charge in [-0.05, 0) is 25.0 Å². The summed E-state index contributed by atoms with van der Waals surface area (Å²) in [5, 5.41) is 21.6. The van der Waals surface area contributed by atoms with E-state index in [9.17, 15) is 18.8 Å². The fourth-order valence-corrected chi connectivity index (χ4v) is 4.20. The topological polar surface area (TPSA) is 135 Å². The van der Waals surface area contributed by atoms with Crippen molar-refractivity contribution in [2.45, 2.75) is 38.1 Å². The summed E-state index contributed by atoms with van der Waals surface area (Å²) in [7, 11) is 1.65. The number of methoxy groups -OCH3 is 1. The van der Waals surface area contributed by atoms with Gasteiger partial charge in [0.15, 0.2) is 5.69 Å². The van der Waals surface area contributed by atoms with Crippen LogP contribution in [-0.2, 0) is 27.4 Å². The number of carboxylic acid groups (broad SMARTS) is 1. The van der Waals surface area contributed by atoms with E-state index in [2.05, 4.69) is 21.0 Å². The van der Waals surface area contributed by atoms with Gasteiger partial charge in [0.25, 0.3) is 5.91 Å². The predicted octanol–water partition coefficient (Wildman–Crippen LogP) is 2.55. The van der Waals surface area contributed by atoms with Gasteiger partial charge in [0.2, 0.25) is 5.91 Å². The van der Waals surface area contributed by atoms with Crippen LogP contribution < -0.4 is 16.0 Å². The second-order valence-electron chi connectivity index (χ2n) is 8.46. The van der Waals surface area contributed by atoms with Crippen LogP contribution in [0, 0.1) is 5.82 Å². The lowest BCUT2D eigenvalue weighted by molar-refractivity contribution is -0.137. The molecule has 0 saturated heterocycles. The maximum atomic E-state index is 14.9. The minimum Gasteiger partial charge on any atom is -0.480 e. The molecule has 3 aromatic rings. The molecule has 2 amide bonds. The van der Waals surface area contributed by atoms with Crippen LogP contribution in [-0.4, -0.2) is 58.5 Å². The van der Waals surface area contributed by atoms with Gasteiger partial charge in [0, 0.05) is 30.6 Å². The molecule has 10 nitrogen and oxygen atoms in total. The van der Waals surface area contributed by atoms with E-state index < -0.39 is 24.2 Å². The number of nitrogens with one attached hydrogen (secondary N) is 3. The van der Waals surface area contributed by atoms with E-state index in [1.54, 1.807) is 31.4 Å². The van der Waals surface area contributed by atoms with Crippen LogP contribution in [0.1, 0.15) is 28.9 Å². The highest BCUT2D eigenvalue weighted by atomic mass is 35.5. The molecule has 0 bridgehead atoms. The molecular weight excluding hydrogens is 493 g/mol. The smallest absolute Gasteiger partial charge is 0.325 e. The number of ether oxygens (including phenoxy) is 1. The Morgan fingerprint density at radius 1 is 1.22 bits per heavy atom. The van der Waals surface area contributed by atoms with E-state index in [-0.39, 0.29) is 53.1 Å². The molecule has 1 saturated carbocycles. The van der Waals surface area contributed by atoms with Crippen molar-refractivity contribution in [3.05, 3.63) is 58.5 Å². The summed E-state index contributed by atoms with van der Waals surface area (Å²) in [5.74, 6) is -2.84. The van der Waals surface area contributed by atoms with Crippen LogP contribution in [0.4, 0.5) is 10.1 Å². The molecule has 0 radical (unpaired) electrons. The van der Waals surface area contributed by atoms with Gasteiger partial charge in [0.05, 0.1) is 23.9 Å². The number of carbonyl (C=O) groups excluding carboxylic acids is 2. The summed E-state index contributed by atoms with van der Waals surface area (Å²) in [6.45, 7) is -0.392. The van der Waals surface area contributed by atoms with Crippen molar-refractivity contribution in [1.82, 2.24) is 20.4 Å². The summed E-state index contributed by atoms with van der Waals surface area (Å²) in [5.41, 5.74) is 0.630. The zero-order valence-corrected chi connectivity index (χ0v) is 20.1. The molecular formula is C24H25ClFN5O5. The number of anilines is 1. The first-order valence-electron chi connectivity index (χ1n) is 11.2. The largest absolute Gasteiger partial charge is 0.480 e. The second kappa shape index (κ2) is 11.0. The van der Waals surface area contributed by atoms with Crippen molar-refractivity contribution in [3.63, 3.8) is 0 Å². The van der Waals surface area contributed by atoms with Gasteiger partial charge >= 0.3 is 5.97 Å². The Balaban J connectivity index is 1.39. The molecule has 4 rings (SSSR count). The Morgan fingerprint density at radius 3 is 2.69 bits per heavy atom. The monoisotopic (exact) mass is 517 g/mol. The first-order valence-corrected chi connectivity index (χ1v) is 11.6. The molecule has 190 valence electrons. The van der Waals surface area contributed by atoms with Gasteiger partial charge in [-0.15, -0.1) is 0 Å². The second-order valence-corrected chi connectivity index (χ2v) is 8.83. The number of benzene rings is 2. The lowest BCUT2D eigenvalue weighted by Gasteiger charge is -2.34. The summed E-state index contributed by atoms with van der Waals surface area (Å²) >= 11 is 6.16. The lowest BCUT2D eigenvalue weighted by atomic mass is 9.89. The average molecular weight is 518 g/mol. The highest BCUT2D eigenvalue weighted by Gasteiger charge is 2.28.